The predicted molar refractivity (Wildman–Crippen MR) is 126 cm³/mol. The molecule has 0 radical (unpaired) electrons. The fourth-order valence-corrected chi connectivity index (χ4v) is 3.89. The third-order valence-corrected chi connectivity index (χ3v) is 5.78. The summed E-state index contributed by atoms with van der Waals surface area (Å²) in [6.07, 6.45) is 0. The Labute approximate surface area is 187 Å². The van der Waals surface area contributed by atoms with Gasteiger partial charge in [-0.05, 0) is 61.5 Å². The first-order chi connectivity index (χ1) is 14.3. The van der Waals surface area contributed by atoms with Crippen LogP contribution < -0.4 is 15.5 Å². The van der Waals surface area contributed by atoms with E-state index in [2.05, 4.69) is 15.5 Å². The molecule has 2 aromatic carbocycles. The van der Waals surface area contributed by atoms with Gasteiger partial charge in [0.2, 0.25) is 5.91 Å². The highest BCUT2D eigenvalue weighted by molar-refractivity contribution is 7.80. The lowest BCUT2D eigenvalue weighted by atomic mass is 10.1. The molecule has 0 aromatic heterocycles. The van der Waals surface area contributed by atoms with Crippen LogP contribution in [0.2, 0.25) is 5.02 Å². The second-order valence-corrected chi connectivity index (χ2v) is 8.15. The van der Waals surface area contributed by atoms with Gasteiger partial charge >= 0.3 is 0 Å². The number of hydrogen-bond acceptors (Lipinski definition) is 4. The molecule has 1 aliphatic rings. The van der Waals surface area contributed by atoms with E-state index in [4.69, 9.17) is 23.8 Å². The van der Waals surface area contributed by atoms with E-state index in [0.29, 0.717) is 42.5 Å². The fraction of sp³-hybridized carbons (Fsp3) is 0.318. The number of nitrogens with zero attached hydrogens (tertiary/aromatic N) is 2. The first kappa shape index (κ1) is 22.1. The molecule has 2 N–H and O–H groups in total. The molecule has 1 fully saturated rings. The zero-order chi connectivity index (χ0) is 21.8. The van der Waals surface area contributed by atoms with E-state index >= 15 is 0 Å². The summed E-state index contributed by atoms with van der Waals surface area (Å²) in [4.78, 5) is 28.1. The van der Waals surface area contributed by atoms with Crippen LogP contribution in [0.5, 0.6) is 0 Å². The Balaban J connectivity index is 1.71. The van der Waals surface area contributed by atoms with Gasteiger partial charge in [-0.2, -0.15) is 0 Å². The Hall–Kier alpha value is -2.64. The summed E-state index contributed by atoms with van der Waals surface area (Å²) in [5.74, 6) is -0.198. The third-order valence-electron chi connectivity index (χ3n) is 5.27. The van der Waals surface area contributed by atoms with Crippen molar-refractivity contribution >= 4 is 52.1 Å². The van der Waals surface area contributed by atoms with Gasteiger partial charge in [0.15, 0.2) is 5.11 Å². The summed E-state index contributed by atoms with van der Waals surface area (Å²) in [7, 11) is 0. The summed E-state index contributed by atoms with van der Waals surface area (Å²) >= 11 is 11.9. The minimum atomic E-state index is -0.269. The van der Waals surface area contributed by atoms with Gasteiger partial charge < -0.3 is 15.1 Å². The molecule has 2 amide bonds. The number of rotatable bonds is 3. The molecule has 0 unspecified atom stereocenters. The maximum Gasteiger partial charge on any atom is 0.257 e. The van der Waals surface area contributed by atoms with Gasteiger partial charge in [0.05, 0.1) is 16.4 Å². The van der Waals surface area contributed by atoms with Crippen molar-refractivity contribution in [3.8, 4) is 0 Å². The second-order valence-electron chi connectivity index (χ2n) is 7.34. The van der Waals surface area contributed by atoms with Gasteiger partial charge in [-0.3, -0.25) is 14.9 Å². The van der Waals surface area contributed by atoms with Crippen molar-refractivity contribution in [1.82, 2.24) is 10.2 Å². The smallest absolute Gasteiger partial charge is 0.257 e. The number of nitrogens with one attached hydrogen (secondary N) is 2. The monoisotopic (exact) mass is 444 g/mol. The molecule has 158 valence electrons. The number of para-hydroxylation sites is 1. The first-order valence-electron chi connectivity index (χ1n) is 9.75. The molecule has 3 rings (SSSR count). The Bertz CT molecular complexity index is 987. The normalized spacial score (nSPS) is 13.7. The van der Waals surface area contributed by atoms with E-state index in [0.717, 1.165) is 16.8 Å². The van der Waals surface area contributed by atoms with Crippen LogP contribution in [0.4, 0.5) is 11.4 Å². The van der Waals surface area contributed by atoms with Crippen molar-refractivity contribution in [2.45, 2.75) is 20.8 Å². The van der Waals surface area contributed by atoms with Crippen molar-refractivity contribution in [3.63, 3.8) is 0 Å². The summed E-state index contributed by atoms with van der Waals surface area (Å²) in [6, 6.07) is 11.0. The number of carbonyl (C=O) groups excluding carboxylic acids is 2. The molecular weight excluding hydrogens is 420 g/mol. The molecule has 0 atom stereocenters. The zero-order valence-electron chi connectivity index (χ0n) is 17.3. The van der Waals surface area contributed by atoms with Crippen LogP contribution in [-0.4, -0.2) is 48.0 Å². The van der Waals surface area contributed by atoms with Crippen molar-refractivity contribution in [1.29, 1.82) is 0 Å². The van der Waals surface area contributed by atoms with Crippen LogP contribution in [-0.2, 0) is 4.79 Å². The molecule has 0 aliphatic carbocycles. The molecule has 2 aromatic rings. The van der Waals surface area contributed by atoms with E-state index in [-0.39, 0.29) is 16.9 Å². The average molecular weight is 445 g/mol. The number of piperazine rings is 1. The van der Waals surface area contributed by atoms with Crippen molar-refractivity contribution < 1.29 is 9.59 Å². The molecule has 6 nitrogen and oxygen atoms in total. The highest BCUT2D eigenvalue weighted by Crippen LogP contribution is 2.34. The standard InChI is InChI=1S/C22H25ClN4O2S/c1-14-7-8-17(13-15(14)2)21(29)25-22(30)24-19-6-4-5-18(23)20(19)27-11-9-26(10-12-27)16(3)28/h4-8,13H,9-12H2,1-3H3,(H2,24,25,29,30). The SMILES string of the molecule is CC(=O)N1CCN(c2c(Cl)cccc2NC(=S)NC(=O)c2ccc(C)c(C)c2)CC1. The molecule has 1 heterocycles. The molecule has 8 heteroatoms. The zero-order valence-corrected chi connectivity index (χ0v) is 18.9. The quantitative estimate of drug-likeness (QED) is 0.706. The van der Waals surface area contributed by atoms with Gasteiger partial charge in [0, 0.05) is 38.7 Å². The molecule has 0 spiro atoms. The number of halogens is 1. The van der Waals surface area contributed by atoms with Crippen LogP contribution in [0, 0.1) is 13.8 Å². The highest BCUT2D eigenvalue weighted by Gasteiger charge is 2.23. The number of hydrogen-bond donors (Lipinski definition) is 2. The van der Waals surface area contributed by atoms with Crippen LogP contribution >= 0.6 is 23.8 Å². The van der Waals surface area contributed by atoms with Crippen LogP contribution in [0.1, 0.15) is 28.4 Å². The number of benzene rings is 2. The summed E-state index contributed by atoms with van der Waals surface area (Å²) in [6.45, 7) is 8.14. The minimum Gasteiger partial charge on any atom is -0.365 e. The summed E-state index contributed by atoms with van der Waals surface area (Å²) < 4.78 is 0. The topological polar surface area (TPSA) is 64.7 Å². The van der Waals surface area contributed by atoms with E-state index in [1.165, 1.54) is 0 Å². The Morgan fingerprint density at radius 3 is 2.37 bits per heavy atom. The molecule has 1 saturated heterocycles. The largest absolute Gasteiger partial charge is 0.365 e. The van der Waals surface area contributed by atoms with Crippen LogP contribution in [0.25, 0.3) is 0 Å². The van der Waals surface area contributed by atoms with Gasteiger partial charge in [0.1, 0.15) is 0 Å². The molecule has 1 aliphatic heterocycles. The number of amides is 2. The van der Waals surface area contributed by atoms with Gasteiger partial charge in [-0.25, -0.2) is 0 Å². The third kappa shape index (κ3) is 5.09. The maximum atomic E-state index is 12.5. The molecule has 0 bridgehead atoms. The number of aryl methyl sites for hydroxylation is 2. The lowest BCUT2D eigenvalue weighted by molar-refractivity contribution is -0.129. The highest BCUT2D eigenvalue weighted by atomic mass is 35.5. The Morgan fingerprint density at radius 1 is 1.03 bits per heavy atom. The Kier molecular flexibility index (Phi) is 6.95. The molecular formula is C22H25ClN4O2S. The minimum absolute atomic E-state index is 0.0717. The molecule has 0 saturated carbocycles. The average Bonchev–Trinajstić information content (AvgIpc) is 2.70. The van der Waals surface area contributed by atoms with E-state index in [1.807, 2.05) is 49.1 Å². The summed E-state index contributed by atoms with van der Waals surface area (Å²) in [5.41, 5.74) is 4.24. The number of thiocarbonyl (C=S) groups is 1. The number of carbonyl (C=O) groups is 2. The second kappa shape index (κ2) is 9.45. The first-order valence-corrected chi connectivity index (χ1v) is 10.5. The predicted octanol–water partition coefficient (Wildman–Crippen LogP) is 3.75. The maximum absolute atomic E-state index is 12.5. The van der Waals surface area contributed by atoms with E-state index < -0.39 is 0 Å². The summed E-state index contributed by atoms with van der Waals surface area (Å²) in [5, 5.41) is 6.61. The lowest BCUT2D eigenvalue weighted by Crippen LogP contribution is -2.48. The van der Waals surface area contributed by atoms with Gasteiger partial charge in [-0.15, -0.1) is 0 Å². The fourth-order valence-electron chi connectivity index (χ4n) is 3.39. The lowest BCUT2D eigenvalue weighted by Gasteiger charge is -2.37. The van der Waals surface area contributed by atoms with Gasteiger partial charge in [0.25, 0.3) is 5.91 Å². The van der Waals surface area contributed by atoms with E-state index in [1.54, 1.807) is 13.0 Å². The van der Waals surface area contributed by atoms with Crippen LogP contribution in [0.15, 0.2) is 36.4 Å². The van der Waals surface area contributed by atoms with Crippen LogP contribution in [0.3, 0.4) is 0 Å². The van der Waals surface area contributed by atoms with Crippen molar-refractivity contribution in [2.75, 3.05) is 36.4 Å². The molecule has 30 heavy (non-hydrogen) atoms. The van der Waals surface area contributed by atoms with Gasteiger partial charge in [-0.1, -0.05) is 23.7 Å². The van der Waals surface area contributed by atoms with Crippen molar-refractivity contribution in [2.24, 2.45) is 0 Å². The Morgan fingerprint density at radius 2 is 1.73 bits per heavy atom. The van der Waals surface area contributed by atoms with Crippen molar-refractivity contribution in [3.05, 3.63) is 58.1 Å². The number of anilines is 2. The van der Waals surface area contributed by atoms with E-state index in [9.17, 15) is 9.59 Å².